The zero-order chi connectivity index (χ0) is 13.8. The Morgan fingerprint density at radius 2 is 1.85 bits per heavy atom. The van der Waals surface area contributed by atoms with E-state index < -0.39 is 0 Å². The Bertz CT molecular complexity index is 606. The maximum Gasteiger partial charge on any atom is 0.279 e. The van der Waals surface area contributed by atoms with Gasteiger partial charge in [0.05, 0.1) is 13.2 Å². The fourth-order valence-electron chi connectivity index (χ4n) is 2.54. The van der Waals surface area contributed by atoms with Crippen LogP contribution < -0.4 is 10.2 Å². The molecule has 1 heterocycles. The summed E-state index contributed by atoms with van der Waals surface area (Å²) in [4.78, 5) is 13.3. The molecule has 1 amide bonds. The van der Waals surface area contributed by atoms with Gasteiger partial charge in [0.1, 0.15) is 13.1 Å². The second-order valence-electron chi connectivity index (χ2n) is 5.15. The third kappa shape index (κ3) is 3.15. The molecule has 0 bridgehead atoms. The average molecular weight is 271 g/mol. The van der Waals surface area contributed by atoms with Crippen molar-refractivity contribution in [2.75, 3.05) is 38.2 Å². The van der Waals surface area contributed by atoms with Crippen LogP contribution in [0.1, 0.15) is 0 Å². The van der Waals surface area contributed by atoms with Crippen molar-refractivity contribution in [3.8, 4) is 0 Å². The third-order valence-corrected chi connectivity index (χ3v) is 3.64. The van der Waals surface area contributed by atoms with E-state index in [1.165, 1.54) is 10.3 Å². The zero-order valence-electron chi connectivity index (χ0n) is 11.4. The Morgan fingerprint density at radius 1 is 1.10 bits per heavy atom. The minimum absolute atomic E-state index is 0.0668. The van der Waals surface area contributed by atoms with Gasteiger partial charge in [0.2, 0.25) is 0 Å². The van der Waals surface area contributed by atoms with E-state index in [0.29, 0.717) is 6.54 Å². The van der Waals surface area contributed by atoms with Gasteiger partial charge in [-0.15, -0.1) is 0 Å². The predicted molar refractivity (Wildman–Crippen MR) is 79.0 cm³/mol. The van der Waals surface area contributed by atoms with Crippen LogP contribution in [0, 0.1) is 0 Å². The van der Waals surface area contributed by atoms with E-state index in [1.54, 1.807) is 0 Å². The lowest BCUT2D eigenvalue weighted by molar-refractivity contribution is -0.899. The summed E-state index contributed by atoms with van der Waals surface area (Å²) >= 11 is 0. The van der Waals surface area contributed by atoms with Crippen LogP contribution in [0.4, 0.5) is 5.69 Å². The number of hydrogen-bond donors (Lipinski definition) is 2. The number of benzene rings is 2. The molecule has 0 radical (unpaired) electrons. The van der Waals surface area contributed by atoms with Crippen LogP contribution >= 0.6 is 0 Å². The maximum absolute atomic E-state index is 12.0. The first-order valence-corrected chi connectivity index (χ1v) is 7.01. The summed E-state index contributed by atoms with van der Waals surface area (Å²) in [6.45, 7) is 3.82. The number of nitrogens with one attached hydrogen (secondary N) is 2. The van der Waals surface area contributed by atoms with E-state index in [4.69, 9.17) is 4.74 Å². The van der Waals surface area contributed by atoms with E-state index in [-0.39, 0.29) is 5.91 Å². The topological polar surface area (TPSA) is 42.8 Å². The predicted octanol–water partition coefficient (Wildman–Crippen LogP) is 0.693. The second-order valence-corrected chi connectivity index (χ2v) is 5.15. The van der Waals surface area contributed by atoms with Crippen molar-refractivity contribution in [3.05, 3.63) is 42.5 Å². The van der Waals surface area contributed by atoms with Gasteiger partial charge >= 0.3 is 0 Å². The van der Waals surface area contributed by atoms with Crippen LogP contribution in [0.2, 0.25) is 0 Å². The number of morpholine rings is 1. The first-order chi connectivity index (χ1) is 9.81. The summed E-state index contributed by atoms with van der Waals surface area (Å²) in [7, 11) is 0. The van der Waals surface area contributed by atoms with Crippen molar-refractivity contribution in [1.82, 2.24) is 0 Å². The molecule has 104 valence electrons. The lowest BCUT2D eigenvalue weighted by Crippen LogP contribution is -3.15. The molecule has 3 rings (SSSR count). The molecule has 0 unspecified atom stereocenters. The van der Waals surface area contributed by atoms with E-state index in [0.717, 1.165) is 37.4 Å². The van der Waals surface area contributed by atoms with E-state index in [2.05, 4.69) is 17.4 Å². The molecule has 0 aromatic heterocycles. The van der Waals surface area contributed by atoms with Gasteiger partial charge < -0.3 is 15.0 Å². The maximum atomic E-state index is 12.0. The van der Waals surface area contributed by atoms with Gasteiger partial charge in [-0.2, -0.15) is 0 Å². The number of rotatable bonds is 3. The summed E-state index contributed by atoms with van der Waals surface area (Å²) in [6, 6.07) is 14.1. The van der Waals surface area contributed by atoms with Crippen molar-refractivity contribution >= 4 is 22.4 Å². The number of fused-ring (bicyclic) bond motifs is 1. The van der Waals surface area contributed by atoms with Crippen LogP contribution in [-0.2, 0) is 9.53 Å². The molecule has 2 N–H and O–H groups in total. The van der Waals surface area contributed by atoms with Crippen LogP contribution in [0.25, 0.3) is 10.8 Å². The number of anilines is 1. The van der Waals surface area contributed by atoms with Crippen LogP contribution in [-0.4, -0.2) is 38.8 Å². The summed E-state index contributed by atoms with van der Waals surface area (Å²) in [5.74, 6) is 0.0668. The Balaban J connectivity index is 1.64. The van der Waals surface area contributed by atoms with Crippen LogP contribution in [0.3, 0.4) is 0 Å². The van der Waals surface area contributed by atoms with Gasteiger partial charge in [-0.05, 0) is 22.9 Å². The molecule has 1 aliphatic rings. The highest BCUT2D eigenvalue weighted by Gasteiger charge is 2.17. The molecule has 2 aromatic carbocycles. The quantitative estimate of drug-likeness (QED) is 0.863. The molecule has 0 atom stereocenters. The fourth-order valence-corrected chi connectivity index (χ4v) is 2.54. The minimum Gasteiger partial charge on any atom is -0.370 e. The second kappa shape index (κ2) is 6.03. The van der Waals surface area contributed by atoms with Gasteiger partial charge in [0.15, 0.2) is 6.54 Å². The van der Waals surface area contributed by atoms with Crippen molar-refractivity contribution in [3.63, 3.8) is 0 Å². The van der Waals surface area contributed by atoms with E-state index in [1.807, 2.05) is 30.3 Å². The lowest BCUT2D eigenvalue weighted by atomic mass is 10.1. The van der Waals surface area contributed by atoms with E-state index in [9.17, 15) is 4.79 Å². The lowest BCUT2D eigenvalue weighted by Gasteiger charge is -2.23. The monoisotopic (exact) mass is 271 g/mol. The number of ether oxygens (including phenoxy) is 1. The molecule has 4 nitrogen and oxygen atoms in total. The van der Waals surface area contributed by atoms with Gasteiger partial charge in [-0.25, -0.2) is 0 Å². The number of amides is 1. The number of carbonyl (C=O) groups excluding carboxylic acids is 1. The SMILES string of the molecule is O=C(C[NH+]1CCOCC1)Nc1ccc2ccccc2c1. The molecule has 0 aliphatic carbocycles. The normalized spacial score (nSPS) is 16.2. The van der Waals surface area contributed by atoms with Crippen molar-refractivity contribution in [1.29, 1.82) is 0 Å². The Labute approximate surface area is 118 Å². The van der Waals surface area contributed by atoms with Crippen LogP contribution in [0.15, 0.2) is 42.5 Å². The minimum atomic E-state index is 0.0668. The zero-order valence-corrected chi connectivity index (χ0v) is 11.4. The van der Waals surface area contributed by atoms with Crippen molar-refractivity contribution < 1.29 is 14.4 Å². The molecule has 1 aliphatic heterocycles. The molecule has 20 heavy (non-hydrogen) atoms. The number of quaternary nitrogens is 1. The first kappa shape index (κ1) is 13.1. The molecule has 2 aromatic rings. The highest BCUT2D eigenvalue weighted by atomic mass is 16.5. The molecule has 0 saturated carbocycles. The Hall–Kier alpha value is -1.91. The first-order valence-electron chi connectivity index (χ1n) is 7.01. The Morgan fingerprint density at radius 3 is 2.65 bits per heavy atom. The fraction of sp³-hybridized carbons (Fsp3) is 0.312. The highest BCUT2D eigenvalue weighted by Crippen LogP contribution is 2.18. The average Bonchev–Trinajstić information content (AvgIpc) is 2.48. The molecular formula is C16H19N2O2+. The van der Waals surface area contributed by atoms with Crippen molar-refractivity contribution in [2.45, 2.75) is 0 Å². The number of hydrogen-bond acceptors (Lipinski definition) is 2. The van der Waals surface area contributed by atoms with Gasteiger partial charge in [0.25, 0.3) is 5.91 Å². The molecular weight excluding hydrogens is 252 g/mol. The summed E-state index contributed by atoms with van der Waals surface area (Å²) in [5, 5.41) is 5.31. The molecule has 1 saturated heterocycles. The van der Waals surface area contributed by atoms with Gasteiger partial charge in [-0.3, -0.25) is 4.79 Å². The third-order valence-electron chi connectivity index (χ3n) is 3.64. The Kier molecular flexibility index (Phi) is 3.95. The smallest absolute Gasteiger partial charge is 0.279 e. The summed E-state index contributed by atoms with van der Waals surface area (Å²) < 4.78 is 5.30. The molecule has 0 spiro atoms. The number of carbonyl (C=O) groups is 1. The molecule has 4 heteroatoms. The van der Waals surface area contributed by atoms with Crippen molar-refractivity contribution in [2.24, 2.45) is 0 Å². The van der Waals surface area contributed by atoms with Gasteiger partial charge in [0, 0.05) is 5.69 Å². The summed E-state index contributed by atoms with van der Waals surface area (Å²) in [6.07, 6.45) is 0. The molecule has 1 fully saturated rings. The van der Waals surface area contributed by atoms with Gasteiger partial charge in [-0.1, -0.05) is 30.3 Å². The van der Waals surface area contributed by atoms with E-state index >= 15 is 0 Å². The standard InChI is InChI=1S/C16H18N2O2/c19-16(12-18-7-9-20-10-8-18)17-15-6-5-13-3-1-2-4-14(13)11-15/h1-6,11H,7-10,12H2,(H,17,19)/p+1. The van der Waals surface area contributed by atoms with Crippen LogP contribution in [0.5, 0.6) is 0 Å². The largest absolute Gasteiger partial charge is 0.370 e. The summed E-state index contributed by atoms with van der Waals surface area (Å²) in [5.41, 5.74) is 0.862. The highest BCUT2D eigenvalue weighted by molar-refractivity contribution is 5.94.